The summed E-state index contributed by atoms with van der Waals surface area (Å²) in [5.74, 6) is 0. The van der Waals surface area contributed by atoms with Gasteiger partial charge in [0.2, 0.25) is 0 Å². The van der Waals surface area contributed by atoms with Crippen molar-refractivity contribution < 1.29 is 17.9 Å². The summed E-state index contributed by atoms with van der Waals surface area (Å²) >= 11 is 0. The van der Waals surface area contributed by atoms with Crippen LogP contribution < -0.4 is 5.73 Å². The standard InChI is InChI=1S/C8H12F3N3O/c9-8(10,11)5-15-2-1-14-6-13-4-7(14)3-12/h4,6H,1-3,5,12H2. The second-order valence-electron chi connectivity index (χ2n) is 2.95. The monoisotopic (exact) mass is 223 g/mol. The van der Waals surface area contributed by atoms with E-state index in [0.717, 1.165) is 5.69 Å². The summed E-state index contributed by atoms with van der Waals surface area (Å²) in [5.41, 5.74) is 6.16. The van der Waals surface area contributed by atoms with Crippen LogP contribution in [0.15, 0.2) is 12.5 Å². The fourth-order valence-corrected chi connectivity index (χ4v) is 1.07. The van der Waals surface area contributed by atoms with E-state index in [4.69, 9.17) is 5.73 Å². The smallest absolute Gasteiger partial charge is 0.370 e. The summed E-state index contributed by atoms with van der Waals surface area (Å²) in [7, 11) is 0. The predicted octanol–water partition coefficient (Wildman–Crippen LogP) is 0.921. The lowest BCUT2D eigenvalue weighted by molar-refractivity contribution is -0.174. The quantitative estimate of drug-likeness (QED) is 0.755. The van der Waals surface area contributed by atoms with Crippen molar-refractivity contribution in [3.63, 3.8) is 0 Å². The molecule has 0 bridgehead atoms. The molecule has 15 heavy (non-hydrogen) atoms. The normalized spacial score (nSPS) is 12.0. The Morgan fingerprint density at radius 1 is 1.47 bits per heavy atom. The maximum absolute atomic E-state index is 11.7. The van der Waals surface area contributed by atoms with Crippen LogP contribution in [-0.2, 0) is 17.8 Å². The Morgan fingerprint density at radius 2 is 2.20 bits per heavy atom. The Kier molecular flexibility index (Phi) is 4.10. The first-order valence-corrected chi connectivity index (χ1v) is 4.36. The number of nitrogens with two attached hydrogens (primary N) is 1. The molecule has 0 aliphatic carbocycles. The van der Waals surface area contributed by atoms with E-state index in [9.17, 15) is 13.2 Å². The zero-order chi connectivity index (χ0) is 11.3. The number of alkyl halides is 3. The number of hydrogen-bond acceptors (Lipinski definition) is 3. The van der Waals surface area contributed by atoms with Gasteiger partial charge in [0.25, 0.3) is 0 Å². The van der Waals surface area contributed by atoms with Crippen LogP contribution in [0.25, 0.3) is 0 Å². The highest BCUT2D eigenvalue weighted by atomic mass is 19.4. The Labute approximate surface area is 84.8 Å². The van der Waals surface area contributed by atoms with Gasteiger partial charge in [-0.25, -0.2) is 4.98 Å². The summed E-state index contributed by atoms with van der Waals surface area (Å²) in [4.78, 5) is 3.83. The molecule has 1 aromatic rings. The van der Waals surface area contributed by atoms with Crippen LogP contribution in [0, 0.1) is 0 Å². The van der Waals surface area contributed by atoms with E-state index >= 15 is 0 Å². The average Bonchev–Trinajstić information content (AvgIpc) is 2.58. The van der Waals surface area contributed by atoms with Gasteiger partial charge < -0.3 is 15.0 Å². The third-order valence-electron chi connectivity index (χ3n) is 1.75. The highest BCUT2D eigenvalue weighted by Gasteiger charge is 2.27. The van der Waals surface area contributed by atoms with Gasteiger partial charge in [0.05, 0.1) is 18.6 Å². The van der Waals surface area contributed by atoms with Gasteiger partial charge in [-0.15, -0.1) is 0 Å². The first-order valence-electron chi connectivity index (χ1n) is 4.36. The van der Waals surface area contributed by atoms with Crippen molar-refractivity contribution in [3.8, 4) is 0 Å². The summed E-state index contributed by atoms with van der Waals surface area (Å²) in [6.45, 7) is -0.607. The number of ether oxygens (including phenoxy) is 1. The van der Waals surface area contributed by atoms with Crippen molar-refractivity contribution >= 4 is 0 Å². The van der Waals surface area contributed by atoms with Crippen molar-refractivity contribution in [3.05, 3.63) is 18.2 Å². The minimum atomic E-state index is -4.27. The highest BCUT2D eigenvalue weighted by molar-refractivity contribution is 4.96. The topological polar surface area (TPSA) is 53.1 Å². The van der Waals surface area contributed by atoms with Crippen LogP contribution in [0.5, 0.6) is 0 Å². The van der Waals surface area contributed by atoms with E-state index in [2.05, 4.69) is 9.72 Å². The molecule has 0 atom stereocenters. The summed E-state index contributed by atoms with van der Waals surface area (Å²) < 4.78 is 41.2. The Morgan fingerprint density at radius 3 is 2.80 bits per heavy atom. The van der Waals surface area contributed by atoms with E-state index in [1.54, 1.807) is 10.8 Å². The Hall–Kier alpha value is -1.08. The number of imidazole rings is 1. The van der Waals surface area contributed by atoms with Gasteiger partial charge in [0.15, 0.2) is 0 Å². The number of nitrogens with zero attached hydrogens (tertiary/aromatic N) is 2. The average molecular weight is 223 g/mol. The molecule has 4 nitrogen and oxygen atoms in total. The summed E-state index contributed by atoms with van der Waals surface area (Å²) in [6, 6.07) is 0. The first-order chi connectivity index (χ1) is 7.03. The second-order valence-corrected chi connectivity index (χ2v) is 2.95. The van der Waals surface area contributed by atoms with Gasteiger partial charge >= 0.3 is 6.18 Å². The fourth-order valence-electron chi connectivity index (χ4n) is 1.07. The number of rotatable bonds is 5. The van der Waals surface area contributed by atoms with Gasteiger partial charge in [-0.2, -0.15) is 13.2 Å². The van der Waals surface area contributed by atoms with E-state index in [1.807, 2.05) is 0 Å². The molecule has 0 saturated carbocycles. The van der Waals surface area contributed by atoms with E-state index < -0.39 is 12.8 Å². The van der Waals surface area contributed by atoms with Crippen molar-refractivity contribution in [2.24, 2.45) is 5.73 Å². The number of aromatic nitrogens is 2. The predicted molar refractivity (Wildman–Crippen MR) is 47.0 cm³/mol. The van der Waals surface area contributed by atoms with Crippen LogP contribution in [0.3, 0.4) is 0 Å². The Bertz CT molecular complexity index is 298. The van der Waals surface area contributed by atoms with Crippen LogP contribution in [0.1, 0.15) is 5.69 Å². The number of halogens is 3. The molecular weight excluding hydrogens is 211 g/mol. The van der Waals surface area contributed by atoms with Crippen molar-refractivity contribution in [1.82, 2.24) is 9.55 Å². The van der Waals surface area contributed by atoms with Crippen LogP contribution in [0.2, 0.25) is 0 Å². The molecule has 0 fully saturated rings. The van der Waals surface area contributed by atoms with E-state index in [0.29, 0.717) is 13.1 Å². The van der Waals surface area contributed by atoms with Crippen molar-refractivity contribution in [2.75, 3.05) is 13.2 Å². The molecule has 0 radical (unpaired) electrons. The zero-order valence-electron chi connectivity index (χ0n) is 8.00. The molecule has 1 heterocycles. The Balaban J connectivity index is 2.26. The molecular formula is C8H12F3N3O. The van der Waals surface area contributed by atoms with Crippen molar-refractivity contribution in [2.45, 2.75) is 19.3 Å². The molecule has 0 aliphatic rings. The molecule has 0 amide bonds. The minimum absolute atomic E-state index is 0.0110. The van der Waals surface area contributed by atoms with E-state index in [-0.39, 0.29) is 6.61 Å². The van der Waals surface area contributed by atoms with Crippen LogP contribution in [0.4, 0.5) is 13.2 Å². The van der Waals surface area contributed by atoms with E-state index in [1.165, 1.54) is 6.33 Å². The molecule has 0 aromatic carbocycles. The maximum atomic E-state index is 11.7. The lowest BCUT2D eigenvalue weighted by Gasteiger charge is -2.09. The molecule has 0 unspecified atom stereocenters. The van der Waals surface area contributed by atoms with Gasteiger partial charge in [0, 0.05) is 19.3 Å². The molecule has 1 aromatic heterocycles. The molecule has 0 aliphatic heterocycles. The lowest BCUT2D eigenvalue weighted by atomic mass is 10.4. The van der Waals surface area contributed by atoms with Gasteiger partial charge in [-0.3, -0.25) is 0 Å². The van der Waals surface area contributed by atoms with Crippen molar-refractivity contribution in [1.29, 1.82) is 0 Å². The maximum Gasteiger partial charge on any atom is 0.411 e. The fraction of sp³-hybridized carbons (Fsp3) is 0.625. The zero-order valence-corrected chi connectivity index (χ0v) is 8.00. The second kappa shape index (κ2) is 5.13. The highest BCUT2D eigenvalue weighted by Crippen LogP contribution is 2.14. The summed E-state index contributed by atoms with van der Waals surface area (Å²) in [6.07, 6.45) is -1.19. The molecule has 0 spiro atoms. The lowest BCUT2D eigenvalue weighted by Crippen LogP contribution is -2.19. The number of hydrogen-bond donors (Lipinski definition) is 1. The van der Waals surface area contributed by atoms with Gasteiger partial charge in [-0.05, 0) is 0 Å². The third-order valence-corrected chi connectivity index (χ3v) is 1.75. The molecule has 0 saturated heterocycles. The molecule has 2 N–H and O–H groups in total. The van der Waals surface area contributed by atoms with Gasteiger partial charge in [-0.1, -0.05) is 0 Å². The first kappa shape index (κ1) is 12.0. The van der Waals surface area contributed by atoms with Gasteiger partial charge in [0.1, 0.15) is 6.61 Å². The molecule has 86 valence electrons. The summed E-state index contributed by atoms with van der Waals surface area (Å²) in [5, 5.41) is 0. The molecule has 1 rings (SSSR count). The van der Waals surface area contributed by atoms with Crippen LogP contribution >= 0.6 is 0 Å². The van der Waals surface area contributed by atoms with Crippen LogP contribution in [-0.4, -0.2) is 28.9 Å². The SMILES string of the molecule is NCc1cncn1CCOCC(F)(F)F. The largest absolute Gasteiger partial charge is 0.411 e. The minimum Gasteiger partial charge on any atom is -0.370 e. The third kappa shape index (κ3) is 4.30. The molecule has 7 heteroatoms.